The van der Waals surface area contributed by atoms with Gasteiger partial charge in [-0.2, -0.15) is 13.2 Å². The molecule has 0 saturated heterocycles. The molecule has 0 bridgehead atoms. The lowest BCUT2D eigenvalue weighted by Crippen LogP contribution is -2.22. The SMILES string of the molecule is NC(CC1Cc2ccccc21)c1ccc(C(F)(F)F)cc1. The highest BCUT2D eigenvalue weighted by Crippen LogP contribution is 2.40. The summed E-state index contributed by atoms with van der Waals surface area (Å²) in [6.07, 6.45) is -2.53. The Labute approximate surface area is 121 Å². The highest BCUT2D eigenvalue weighted by molar-refractivity contribution is 5.40. The second kappa shape index (κ2) is 5.19. The molecule has 2 aromatic rings. The molecule has 2 N–H and O–H groups in total. The Balaban J connectivity index is 1.68. The largest absolute Gasteiger partial charge is 0.416 e. The van der Waals surface area contributed by atoms with Crippen molar-refractivity contribution in [2.24, 2.45) is 5.73 Å². The van der Waals surface area contributed by atoms with Gasteiger partial charge in [0.1, 0.15) is 0 Å². The summed E-state index contributed by atoms with van der Waals surface area (Å²) in [6, 6.07) is 13.2. The predicted octanol–water partition coefficient (Wildman–Crippen LogP) is 4.44. The van der Waals surface area contributed by atoms with Crippen LogP contribution in [0.1, 0.15) is 40.6 Å². The first kappa shape index (κ1) is 14.1. The lowest BCUT2D eigenvalue weighted by molar-refractivity contribution is -0.137. The maximum Gasteiger partial charge on any atom is 0.416 e. The van der Waals surface area contributed by atoms with Gasteiger partial charge in [-0.05, 0) is 47.6 Å². The maximum absolute atomic E-state index is 12.5. The first-order valence-electron chi connectivity index (χ1n) is 6.95. The van der Waals surface area contributed by atoms with E-state index >= 15 is 0 Å². The van der Waals surface area contributed by atoms with E-state index in [0.717, 1.165) is 30.5 Å². The molecule has 2 atom stereocenters. The fourth-order valence-corrected chi connectivity index (χ4v) is 2.93. The number of hydrogen-bond donors (Lipinski definition) is 1. The van der Waals surface area contributed by atoms with Crippen LogP contribution in [0.5, 0.6) is 0 Å². The molecule has 0 spiro atoms. The van der Waals surface area contributed by atoms with Crippen molar-refractivity contribution in [2.75, 3.05) is 0 Å². The molecule has 3 rings (SSSR count). The smallest absolute Gasteiger partial charge is 0.324 e. The highest BCUT2D eigenvalue weighted by Gasteiger charge is 2.31. The molecule has 1 aliphatic rings. The molecular weight excluding hydrogens is 275 g/mol. The van der Waals surface area contributed by atoms with E-state index in [1.807, 2.05) is 12.1 Å². The van der Waals surface area contributed by atoms with Crippen molar-refractivity contribution in [3.8, 4) is 0 Å². The molecule has 21 heavy (non-hydrogen) atoms. The minimum Gasteiger partial charge on any atom is -0.324 e. The van der Waals surface area contributed by atoms with Crippen molar-refractivity contribution in [2.45, 2.75) is 31.0 Å². The van der Waals surface area contributed by atoms with Gasteiger partial charge in [0.15, 0.2) is 0 Å². The molecule has 110 valence electrons. The van der Waals surface area contributed by atoms with Gasteiger partial charge >= 0.3 is 6.18 Å². The quantitative estimate of drug-likeness (QED) is 0.889. The first-order valence-corrected chi connectivity index (χ1v) is 6.95. The van der Waals surface area contributed by atoms with Crippen LogP contribution in [0.2, 0.25) is 0 Å². The van der Waals surface area contributed by atoms with Crippen LogP contribution in [0, 0.1) is 0 Å². The number of hydrogen-bond acceptors (Lipinski definition) is 1. The fraction of sp³-hybridized carbons (Fsp3) is 0.294. The Hall–Kier alpha value is -1.81. The Bertz CT molecular complexity index is 631. The van der Waals surface area contributed by atoms with E-state index in [-0.39, 0.29) is 6.04 Å². The summed E-state index contributed by atoms with van der Waals surface area (Å²) < 4.78 is 37.6. The Morgan fingerprint density at radius 2 is 1.71 bits per heavy atom. The third-order valence-electron chi connectivity index (χ3n) is 4.17. The first-order chi connectivity index (χ1) is 9.95. The zero-order chi connectivity index (χ0) is 15.0. The summed E-state index contributed by atoms with van der Waals surface area (Å²) in [5, 5.41) is 0. The number of rotatable bonds is 3. The topological polar surface area (TPSA) is 26.0 Å². The molecule has 0 aliphatic heterocycles. The lowest BCUT2D eigenvalue weighted by Gasteiger charge is -2.32. The summed E-state index contributed by atoms with van der Waals surface area (Å²) in [4.78, 5) is 0. The van der Waals surface area contributed by atoms with Gasteiger partial charge in [0, 0.05) is 6.04 Å². The minimum atomic E-state index is -4.30. The van der Waals surface area contributed by atoms with Gasteiger partial charge in [0.2, 0.25) is 0 Å². The van der Waals surface area contributed by atoms with Crippen molar-refractivity contribution in [1.29, 1.82) is 0 Å². The van der Waals surface area contributed by atoms with Crippen molar-refractivity contribution in [1.82, 2.24) is 0 Å². The summed E-state index contributed by atoms with van der Waals surface area (Å²) in [6.45, 7) is 0. The Morgan fingerprint density at radius 1 is 1.05 bits per heavy atom. The average molecular weight is 291 g/mol. The molecule has 1 aliphatic carbocycles. The lowest BCUT2D eigenvalue weighted by atomic mass is 9.74. The summed E-state index contributed by atoms with van der Waals surface area (Å²) in [5.74, 6) is 0.415. The van der Waals surface area contributed by atoms with Crippen molar-refractivity contribution >= 4 is 0 Å². The van der Waals surface area contributed by atoms with Gasteiger partial charge in [0.25, 0.3) is 0 Å². The van der Waals surface area contributed by atoms with Crippen LogP contribution < -0.4 is 5.73 Å². The van der Waals surface area contributed by atoms with Crippen molar-refractivity contribution in [3.05, 3.63) is 70.8 Å². The van der Waals surface area contributed by atoms with Crippen molar-refractivity contribution in [3.63, 3.8) is 0 Å². The second-order valence-electron chi connectivity index (χ2n) is 5.56. The van der Waals surface area contributed by atoms with Crippen LogP contribution in [-0.2, 0) is 12.6 Å². The zero-order valence-electron chi connectivity index (χ0n) is 11.4. The molecule has 0 amide bonds. The number of alkyl halides is 3. The number of halogens is 3. The van der Waals surface area contributed by atoms with Gasteiger partial charge in [0.05, 0.1) is 5.56 Å². The number of fused-ring (bicyclic) bond motifs is 1. The standard InChI is InChI=1S/C17H16F3N/c18-17(19,20)14-7-5-11(6-8-14)16(21)10-13-9-12-3-1-2-4-15(12)13/h1-8,13,16H,9-10,21H2. The predicted molar refractivity (Wildman–Crippen MR) is 75.9 cm³/mol. The van der Waals surface area contributed by atoms with Crippen LogP contribution in [0.4, 0.5) is 13.2 Å². The van der Waals surface area contributed by atoms with Crippen LogP contribution in [0.3, 0.4) is 0 Å². The van der Waals surface area contributed by atoms with Crippen molar-refractivity contribution < 1.29 is 13.2 Å². The molecule has 2 aromatic carbocycles. The van der Waals surface area contributed by atoms with Crippen LogP contribution in [-0.4, -0.2) is 0 Å². The van der Waals surface area contributed by atoms with Crippen LogP contribution in [0.15, 0.2) is 48.5 Å². The van der Waals surface area contributed by atoms with Crippen LogP contribution >= 0.6 is 0 Å². The van der Waals surface area contributed by atoms with E-state index in [2.05, 4.69) is 12.1 Å². The van der Waals surface area contributed by atoms with Gasteiger partial charge in [-0.15, -0.1) is 0 Å². The third kappa shape index (κ3) is 2.81. The monoisotopic (exact) mass is 291 g/mol. The summed E-state index contributed by atoms with van der Waals surface area (Å²) >= 11 is 0. The van der Waals surface area contributed by atoms with E-state index in [1.54, 1.807) is 0 Å². The molecular formula is C17H16F3N. The average Bonchev–Trinajstić information content (AvgIpc) is 2.44. The zero-order valence-corrected chi connectivity index (χ0v) is 11.4. The van der Waals surface area contributed by atoms with E-state index in [4.69, 9.17) is 5.73 Å². The molecule has 1 nitrogen and oxygen atoms in total. The minimum absolute atomic E-state index is 0.231. The molecule has 0 heterocycles. The van der Waals surface area contributed by atoms with E-state index in [0.29, 0.717) is 5.92 Å². The van der Waals surface area contributed by atoms with E-state index in [1.165, 1.54) is 23.3 Å². The molecule has 0 saturated carbocycles. The molecule has 0 fully saturated rings. The Kier molecular flexibility index (Phi) is 3.49. The number of nitrogens with two attached hydrogens (primary N) is 1. The summed E-state index contributed by atoms with van der Waals surface area (Å²) in [7, 11) is 0. The highest BCUT2D eigenvalue weighted by atomic mass is 19.4. The van der Waals surface area contributed by atoms with E-state index < -0.39 is 11.7 Å². The molecule has 2 unspecified atom stereocenters. The van der Waals surface area contributed by atoms with Gasteiger partial charge < -0.3 is 5.73 Å². The molecule has 0 radical (unpaired) electrons. The Morgan fingerprint density at radius 3 is 2.33 bits per heavy atom. The van der Waals surface area contributed by atoms with E-state index in [9.17, 15) is 13.2 Å². The third-order valence-corrected chi connectivity index (χ3v) is 4.17. The normalized spacial score (nSPS) is 18.8. The summed E-state index contributed by atoms with van der Waals surface area (Å²) in [5.41, 5.74) is 8.93. The number of benzene rings is 2. The van der Waals surface area contributed by atoms with Gasteiger partial charge in [-0.1, -0.05) is 36.4 Å². The van der Waals surface area contributed by atoms with Gasteiger partial charge in [-0.3, -0.25) is 0 Å². The van der Waals surface area contributed by atoms with Gasteiger partial charge in [-0.25, -0.2) is 0 Å². The second-order valence-corrected chi connectivity index (χ2v) is 5.56. The maximum atomic E-state index is 12.5. The fourth-order valence-electron chi connectivity index (χ4n) is 2.93. The van der Waals surface area contributed by atoms with Crippen LogP contribution in [0.25, 0.3) is 0 Å². The molecule has 4 heteroatoms. The molecule has 0 aromatic heterocycles.